The van der Waals surface area contributed by atoms with Crippen LogP contribution in [0.5, 0.6) is 0 Å². The number of nitrogens with zero attached hydrogens (tertiary/aromatic N) is 8. The lowest BCUT2D eigenvalue weighted by Crippen LogP contribution is -2.60. The Balaban J connectivity index is 1.07. The van der Waals surface area contributed by atoms with Gasteiger partial charge in [-0.25, -0.2) is 9.97 Å². The first kappa shape index (κ1) is 32.4. The molecule has 0 bridgehead atoms. The van der Waals surface area contributed by atoms with Crippen LogP contribution in [0.3, 0.4) is 0 Å². The van der Waals surface area contributed by atoms with Crippen molar-refractivity contribution in [3.63, 3.8) is 0 Å². The first-order valence-corrected chi connectivity index (χ1v) is 17.4. The Morgan fingerprint density at radius 1 is 1.06 bits per heavy atom. The van der Waals surface area contributed by atoms with Crippen LogP contribution in [0, 0.1) is 5.41 Å². The molecule has 0 aromatic carbocycles. The van der Waals surface area contributed by atoms with Crippen LogP contribution in [-0.4, -0.2) is 83.7 Å². The van der Waals surface area contributed by atoms with Crippen molar-refractivity contribution in [1.29, 1.82) is 0 Å². The quantitative estimate of drug-likeness (QED) is 0.252. The van der Waals surface area contributed by atoms with Gasteiger partial charge in [0.2, 0.25) is 0 Å². The lowest BCUT2D eigenvalue weighted by molar-refractivity contribution is -0.0698. The van der Waals surface area contributed by atoms with Crippen molar-refractivity contribution in [3.05, 3.63) is 92.8 Å². The summed E-state index contributed by atoms with van der Waals surface area (Å²) in [6.07, 6.45) is 9.62. The molecule has 0 saturated carbocycles. The molecule has 1 atom stereocenters. The number of rotatable bonds is 8. The van der Waals surface area contributed by atoms with Gasteiger partial charge in [-0.1, -0.05) is 20.8 Å². The number of piperazine rings is 1. The second-order valence-electron chi connectivity index (χ2n) is 14.6. The summed E-state index contributed by atoms with van der Waals surface area (Å²) >= 11 is 0. The third-order valence-electron chi connectivity index (χ3n) is 10.6. The van der Waals surface area contributed by atoms with Crippen molar-refractivity contribution < 1.29 is 9.84 Å². The van der Waals surface area contributed by atoms with Gasteiger partial charge in [-0.15, -0.1) is 0 Å². The number of fused-ring (bicyclic) bond motifs is 3. The smallest absolute Gasteiger partial charge is 0.297 e. The fourth-order valence-electron chi connectivity index (χ4n) is 7.85. The van der Waals surface area contributed by atoms with E-state index in [1.165, 1.54) is 9.25 Å². The van der Waals surface area contributed by atoms with Crippen LogP contribution in [0.2, 0.25) is 0 Å². The summed E-state index contributed by atoms with van der Waals surface area (Å²) in [5.41, 5.74) is 5.52. The SMILES string of the molecule is CC[C@H]1CN(C2COC2)CCN1c1ccc(Nc2cc(-c3ccnc(-n4ncn5c6c(cc5c4=O)CC(C)(C)C6)c3CO)cn(C)c2=O)nc1. The van der Waals surface area contributed by atoms with E-state index in [9.17, 15) is 14.7 Å². The number of nitrogens with one attached hydrogen (secondary N) is 1. The molecule has 0 radical (unpaired) electrons. The zero-order valence-electron chi connectivity index (χ0n) is 29.0. The van der Waals surface area contributed by atoms with Crippen LogP contribution in [0.15, 0.2) is 64.8 Å². The number of aliphatic hydroxyl groups is 1. The maximum atomic E-state index is 13.8. The molecule has 2 fully saturated rings. The molecule has 13 heteroatoms. The molecule has 0 spiro atoms. The fourth-order valence-corrected chi connectivity index (χ4v) is 7.85. The van der Waals surface area contributed by atoms with Crippen LogP contribution >= 0.6 is 0 Å². The minimum atomic E-state index is -0.389. The Morgan fingerprint density at radius 3 is 2.62 bits per heavy atom. The monoisotopic (exact) mass is 677 g/mol. The van der Waals surface area contributed by atoms with Gasteiger partial charge in [0.15, 0.2) is 5.82 Å². The van der Waals surface area contributed by atoms with E-state index in [1.807, 2.05) is 22.7 Å². The Bertz CT molecular complexity index is 2200. The molecule has 13 nitrogen and oxygen atoms in total. The highest BCUT2D eigenvalue weighted by Gasteiger charge is 2.34. The van der Waals surface area contributed by atoms with Crippen molar-refractivity contribution in [1.82, 2.24) is 33.6 Å². The Kier molecular flexibility index (Phi) is 8.08. The molecule has 7 heterocycles. The minimum Gasteiger partial charge on any atom is -0.392 e. The topological polar surface area (TPSA) is 135 Å². The van der Waals surface area contributed by atoms with E-state index in [0.717, 1.165) is 69.1 Å². The van der Waals surface area contributed by atoms with E-state index < -0.39 is 0 Å². The first-order chi connectivity index (χ1) is 24.1. The Labute approximate surface area is 289 Å². The summed E-state index contributed by atoms with van der Waals surface area (Å²) in [5.74, 6) is 0.790. The van der Waals surface area contributed by atoms with Crippen LogP contribution < -0.4 is 21.3 Å². The summed E-state index contributed by atoms with van der Waals surface area (Å²) in [4.78, 5) is 41.2. The molecule has 2 aliphatic heterocycles. The van der Waals surface area contributed by atoms with Gasteiger partial charge in [0.05, 0.1) is 37.7 Å². The number of aryl methyl sites for hydroxylation is 1. The van der Waals surface area contributed by atoms with Crippen molar-refractivity contribution in [2.75, 3.05) is 43.1 Å². The predicted molar refractivity (Wildman–Crippen MR) is 191 cm³/mol. The van der Waals surface area contributed by atoms with Crippen LogP contribution in [0.1, 0.15) is 44.0 Å². The normalized spacial score (nSPS) is 19.1. The number of pyridine rings is 3. The zero-order valence-corrected chi connectivity index (χ0v) is 29.0. The van der Waals surface area contributed by atoms with Gasteiger partial charge in [0.1, 0.15) is 23.3 Å². The van der Waals surface area contributed by atoms with E-state index in [1.54, 1.807) is 37.9 Å². The van der Waals surface area contributed by atoms with E-state index in [-0.39, 0.29) is 29.0 Å². The molecule has 1 aliphatic carbocycles. The van der Waals surface area contributed by atoms with Crippen LogP contribution in [0.25, 0.3) is 22.5 Å². The highest BCUT2D eigenvalue weighted by atomic mass is 16.5. The summed E-state index contributed by atoms with van der Waals surface area (Å²) in [6.45, 7) is 10.9. The van der Waals surface area contributed by atoms with Crippen molar-refractivity contribution in [2.24, 2.45) is 12.5 Å². The maximum absolute atomic E-state index is 13.8. The summed E-state index contributed by atoms with van der Waals surface area (Å²) in [5, 5.41) is 18.4. The van der Waals surface area contributed by atoms with Gasteiger partial charge in [-0.3, -0.25) is 18.9 Å². The highest BCUT2D eigenvalue weighted by Crippen LogP contribution is 2.37. The van der Waals surface area contributed by atoms with Crippen molar-refractivity contribution >= 4 is 22.7 Å². The second-order valence-corrected chi connectivity index (χ2v) is 14.6. The van der Waals surface area contributed by atoms with Crippen molar-refractivity contribution in [3.8, 4) is 16.9 Å². The third kappa shape index (κ3) is 5.59. The molecule has 2 N–H and O–H groups in total. The lowest BCUT2D eigenvalue weighted by Gasteiger charge is -2.47. The molecule has 260 valence electrons. The van der Waals surface area contributed by atoms with Gasteiger partial charge in [0.25, 0.3) is 11.1 Å². The number of hydrogen-bond acceptors (Lipinski definition) is 10. The molecule has 8 rings (SSSR count). The number of aromatic nitrogens is 6. The molecule has 3 aliphatic rings. The fraction of sp³-hybridized carbons (Fsp3) is 0.432. The van der Waals surface area contributed by atoms with Gasteiger partial charge in [-0.05, 0) is 66.1 Å². The summed E-state index contributed by atoms with van der Waals surface area (Å²) in [6, 6.07) is 10.3. The predicted octanol–water partition coefficient (Wildman–Crippen LogP) is 3.30. The van der Waals surface area contributed by atoms with E-state index >= 15 is 0 Å². The molecule has 50 heavy (non-hydrogen) atoms. The lowest BCUT2D eigenvalue weighted by atomic mass is 9.90. The van der Waals surface area contributed by atoms with E-state index in [4.69, 9.17) is 4.74 Å². The second kappa shape index (κ2) is 12.5. The summed E-state index contributed by atoms with van der Waals surface area (Å²) in [7, 11) is 1.68. The highest BCUT2D eigenvalue weighted by molar-refractivity contribution is 5.73. The maximum Gasteiger partial charge on any atom is 0.297 e. The molecule has 2 saturated heterocycles. The van der Waals surface area contributed by atoms with Gasteiger partial charge in [0, 0.05) is 61.9 Å². The van der Waals surface area contributed by atoms with Gasteiger partial charge >= 0.3 is 0 Å². The average Bonchev–Trinajstić information content (AvgIpc) is 3.58. The minimum absolute atomic E-state index is 0.142. The number of ether oxygens (including phenoxy) is 1. The van der Waals surface area contributed by atoms with Crippen molar-refractivity contribution in [2.45, 2.75) is 58.7 Å². The molecule has 0 unspecified atom stereocenters. The molecule has 0 amide bonds. The molecular formula is C37H43N9O4. The average molecular weight is 678 g/mol. The number of aliphatic hydroxyl groups excluding tert-OH is 1. The number of anilines is 3. The molecular weight excluding hydrogens is 634 g/mol. The Hall–Kier alpha value is -4.85. The van der Waals surface area contributed by atoms with Crippen LogP contribution in [0.4, 0.5) is 17.2 Å². The zero-order chi connectivity index (χ0) is 34.7. The third-order valence-corrected chi connectivity index (χ3v) is 10.6. The van der Waals surface area contributed by atoms with Crippen LogP contribution in [-0.2, 0) is 31.2 Å². The van der Waals surface area contributed by atoms with E-state index in [0.29, 0.717) is 45.8 Å². The Morgan fingerprint density at radius 2 is 1.90 bits per heavy atom. The van der Waals surface area contributed by atoms with Gasteiger partial charge < -0.3 is 24.6 Å². The summed E-state index contributed by atoms with van der Waals surface area (Å²) < 4.78 is 10.0. The molecule has 5 aromatic rings. The van der Waals surface area contributed by atoms with E-state index in [2.05, 4.69) is 57.0 Å². The molecule has 5 aromatic heterocycles. The largest absolute Gasteiger partial charge is 0.392 e. The standard InChI is InChI=1S/C37H43N9O4/c1-5-25-18-43(27-20-50-21-27)10-11-44(25)26-6-7-33(39-16-26)41-30-12-24(17-42(4)35(30)48)28-8-9-38-34(29(28)19-47)46-36(49)31-13-23-14-37(2,3)15-32(23)45(31)22-40-46/h6-9,12-13,16-17,22,25,27,47H,5,10-11,14-15,18-21H2,1-4H3,(H,39,41)/t25-/m0/s1. The first-order valence-electron chi connectivity index (χ1n) is 17.4. The number of hydrogen-bond donors (Lipinski definition) is 2. The van der Waals surface area contributed by atoms with Gasteiger partial charge in [-0.2, -0.15) is 9.78 Å².